The van der Waals surface area contributed by atoms with Crippen LogP contribution in [0.1, 0.15) is 26.0 Å². The molecule has 2 aromatic rings. The van der Waals surface area contributed by atoms with Gasteiger partial charge in [0, 0.05) is 33.0 Å². The van der Waals surface area contributed by atoms with Crippen LogP contribution in [0.5, 0.6) is 0 Å². The molecule has 0 radical (unpaired) electrons. The molecule has 0 aromatic carbocycles. The van der Waals surface area contributed by atoms with Crippen LogP contribution in [0, 0.1) is 5.92 Å². The zero-order valence-electron chi connectivity index (χ0n) is 13.2. The van der Waals surface area contributed by atoms with Crippen molar-refractivity contribution in [2.24, 2.45) is 5.92 Å². The lowest BCUT2D eigenvalue weighted by Crippen LogP contribution is -2.44. The Morgan fingerprint density at radius 2 is 2.14 bits per heavy atom. The van der Waals surface area contributed by atoms with Crippen molar-refractivity contribution in [2.75, 3.05) is 14.1 Å². The van der Waals surface area contributed by atoms with E-state index in [9.17, 15) is 4.79 Å². The second-order valence-corrected chi connectivity index (χ2v) is 5.99. The number of carbonyl (C=O) groups is 1. The molecule has 21 heavy (non-hydrogen) atoms. The third-order valence-electron chi connectivity index (χ3n) is 3.39. The SMILES string of the molecule is CC(C)CC(NCc1cn2ccccc2n1)C(=O)N(C)C. The van der Waals surface area contributed by atoms with E-state index in [1.165, 1.54) is 0 Å². The molecule has 1 atom stereocenters. The van der Waals surface area contributed by atoms with Gasteiger partial charge in [0.1, 0.15) is 5.65 Å². The summed E-state index contributed by atoms with van der Waals surface area (Å²) >= 11 is 0. The number of hydrogen-bond acceptors (Lipinski definition) is 3. The molecule has 2 rings (SSSR count). The minimum atomic E-state index is -0.162. The molecule has 0 aliphatic heterocycles. The summed E-state index contributed by atoms with van der Waals surface area (Å²) in [4.78, 5) is 18.4. The molecule has 1 unspecified atom stereocenters. The standard InChI is InChI=1S/C16H24N4O/c1-12(2)9-14(16(21)19(3)4)17-10-13-11-20-8-6-5-7-15(20)18-13/h5-8,11-12,14,17H,9-10H2,1-4H3. The van der Waals surface area contributed by atoms with E-state index in [-0.39, 0.29) is 11.9 Å². The van der Waals surface area contributed by atoms with E-state index in [0.717, 1.165) is 17.8 Å². The van der Waals surface area contributed by atoms with E-state index in [4.69, 9.17) is 0 Å². The molecule has 0 saturated carbocycles. The van der Waals surface area contributed by atoms with Crippen molar-refractivity contribution >= 4 is 11.6 Å². The predicted molar refractivity (Wildman–Crippen MR) is 84.0 cm³/mol. The topological polar surface area (TPSA) is 49.6 Å². The Balaban J connectivity index is 2.04. The number of likely N-dealkylation sites (N-methyl/N-ethyl adjacent to an activating group) is 1. The first-order chi connectivity index (χ1) is 9.97. The van der Waals surface area contributed by atoms with Gasteiger partial charge in [0.2, 0.25) is 5.91 Å². The molecule has 0 bridgehead atoms. The van der Waals surface area contributed by atoms with Crippen LogP contribution in [0.25, 0.3) is 5.65 Å². The highest BCUT2D eigenvalue weighted by Gasteiger charge is 2.21. The average molecular weight is 288 g/mol. The van der Waals surface area contributed by atoms with Gasteiger partial charge in [-0.25, -0.2) is 4.98 Å². The van der Waals surface area contributed by atoms with Gasteiger partial charge >= 0.3 is 0 Å². The molecule has 5 nitrogen and oxygen atoms in total. The van der Waals surface area contributed by atoms with E-state index >= 15 is 0 Å². The van der Waals surface area contributed by atoms with Gasteiger partial charge in [0.05, 0.1) is 11.7 Å². The highest BCUT2D eigenvalue weighted by atomic mass is 16.2. The summed E-state index contributed by atoms with van der Waals surface area (Å²) in [6.45, 7) is 4.85. The summed E-state index contributed by atoms with van der Waals surface area (Å²) in [7, 11) is 3.59. The molecule has 0 aliphatic rings. The van der Waals surface area contributed by atoms with Gasteiger partial charge in [-0.05, 0) is 24.5 Å². The number of aromatic nitrogens is 2. The van der Waals surface area contributed by atoms with Crippen molar-refractivity contribution in [1.29, 1.82) is 0 Å². The van der Waals surface area contributed by atoms with Crippen molar-refractivity contribution in [1.82, 2.24) is 19.6 Å². The Morgan fingerprint density at radius 3 is 2.76 bits per heavy atom. The Bertz CT molecular complexity index is 570. The number of carbonyl (C=O) groups excluding carboxylic acids is 1. The molecule has 2 heterocycles. The van der Waals surface area contributed by atoms with Crippen LogP contribution in [-0.2, 0) is 11.3 Å². The lowest BCUT2D eigenvalue weighted by atomic mass is 10.0. The predicted octanol–water partition coefficient (Wildman–Crippen LogP) is 1.93. The van der Waals surface area contributed by atoms with Gasteiger partial charge in [0.25, 0.3) is 0 Å². The first-order valence-corrected chi connectivity index (χ1v) is 7.34. The monoisotopic (exact) mass is 288 g/mol. The summed E-state index contributed by atoms with van der Waals surface area (Å²) in [5, 5.41) is 3.34. The van der Waals surface area contributed by atoms with Crippen LogP contribution in [0.3, 0.4) is 0 Å². The summed E-state index contributed by atoms with van der Waals surface area (Å²) in [6.07, 6.45) is 4.79. The number of amides is 1. The number of nitrogens with zero attached hydrogens (tertiary/aromatic N) is 3. The Kier molecular flexibility index (Phi) is 4.96. The Morgan fingerprint density at radius 1 is 1.38 bits per heavy atom. The molecule has 0 aliphatic carbocycles. The molecular weight excluding hydrogens is 264 g/mol. The maximum absolute atomic E-state index is 12.2. The zero-order valence-corrected chi connectivity index (χ0v) is 13.2. The van der Waals surface area contributed by atoms with Crippen LogP contribution in [-0.4, -0.2) is 40.3 Å². The zero-order chi connectivity index (χ0) is 15.4. The fourth-order valence-corrected chi connectivity index (χ4v) is 2.35. The van der Waals surface area contributed by atoms with Crippen LogP contribution in [0.2, 0.25) is 0 Å². The molecular formula is C16H24N4O. The molecule has 0 spiro atoms. The van der Waals surface area contributed by atoms with Crippen LogP contribution in [0.15, 0.2) is 30.6 Å². The van der Waals surface area contributed by atoms with Gasteiger partial charge in [-0.3, -0.25) is 4.79 Å². The smallest absolute Gasteiger partial charge is 0.239 e. The molecule has 1 N–H and O–H groups in total. The van der Waals surface area contributed by atoms with Crippen molar-refractivity contribution < 1.29 is 4.79 Å². The second-order valence-electron chi connectivity index (χ2n) is 5.99. The van der Waals surface area contributed by atoms with Gasteiger partial charge in [0.15, 0.2) is 0 Å². The number of pyridine rings is 1. The van der Waals surface area contributed by atoms with E-state index in [1.54, 1.807) is 19.0 Å². The second kappa shape index (κ2) is 6.72. The lowest BCUT2D eigenvalue weighted by molar-refractivity contribution is -0.131. The fraction of sp³-hybridized carbons (Fsp3) is 0.500. The molecule has 0 fully saturated rings. The minimum absolute atomic E-state index is 0.118. The average Bonchev–Trinajstić information content (AvgIpc) is 2.84. The number of hydrogen-bond donors (Lipinski definition) is 1. The maximum atomic E-state index is 12.2. The van der Waals surface area contributed by atoms with E-state index < -0.39 is 0 Å². The summed E-state index contributed by atoms with van der Waals surface area (Å²) in [5.41, 5.74) is 1.87. The first-order valence-electron chi connectivity index (χ1n) is 7.34. The quantitative estimate of drug-likeness (QED) is 0.883. The molecule has 114 valence electrons. The number of rotatable bonds is 6. The number of nitrogens with one attached hydrogen (secondary N) is 1. The van der Waals surface area contributed by atoms with Crippen molar-refractivity contribution in [3.8, 4) is 0 Å². The maximum Gasteiger partial charge on any atom is 0.239 e. The first kappa shape index (κ1) is 15.5. The summed E-state index contributed by atoms with van der Waals surface area (Å²) < 4.78 is 1.99. The van der Waals surface area contributed by atoms with E-state index in [1.807, 2.05) is 35.0 Å². The third-order valence-corrected chi connectivity index (χ3v) is 3.39. The molecule has 2 aromatic heterocycles. The highest BCUT2D eigenvalue weighted by molar-refractivity contribution is 5.81. The van der Waals surface area contributed by atoms with Crippen LogP contribution >= 0.6 is 0 Å². The normalized spacial score (nSPS) is 12.8. The van der Waals surface area contributed by atoms with Gasteiger partial charge < -0.3 is 14.6 Å². The molecule has 0 saturated heterocycles. The van der Waals surface area contributed by atoms with Crippen molar-refractivity contribution in [3.05, 3.63) is 36.3 Å². The van der Waals surface area contributed by atoms with Crippen LogP contribution in [0.4, 0.5) is 0 Å². The summed E-state index contributed by atoms with van der Waals surface area (Å²) in [6, 6.07) is 5.75. The van der Waals surface area contributed by atoms with Gasteiger partial charge in [-0.15, -0.1) is 0 Å². The van der Waals surface area contributed by atoms with Gasteiger partial charge in [-0.2, -0.15) is 0 Å². The third kappa shape index (κ3) is 4.04. The highest BCUT2D eigenvalue weighted by Crippen LogP contribution is 2.09. The van der Waals surface area contributed by atoms with Gasteiger partial charge in [-0.1, -0.05) is 19.9 Å². The van der Waals surface area contributed by atoms with E-state index in [0.29, 0.717) is 12.5 Å². The Hall–Kier alpha value is -1.88. The number of imidazole rings is 1. The van der Waals surface area contributed by atoms with Crippen LogP contribution < -0.4 is 5.32 Å². The van der Waals surface area contributed by atoms with Crippen molar-refractivity contribution in [2.45, 2.75) is 32.9 Å². The lowest BCUT2D eigenvalue weighted by Gasteiger charge is -2.22. The molecule has 5 heteroatoms. The largest absolute Gasteiger partial charge is 0.347 e. The molecule has 1 amide bonds. The Labute approximate surface area is 126 Å². The number of fused-ring (bicyclic) bond motifs is 1. The summed E-state index contributed by atoms with van der Waals surface area (Å²) in [5.74, 6) is 0.583. The fourth-order valence-electron chi connectivity index (χ4n) is 2.35. The van der Waals surface area contributed by atoms with Crippen molar-refractivity contribution in [3.63, 3.8) is 0 Å². The minimum Gasteiger partial charge on any atom is -0.347 e. The van der Waals surface area contributed by atoms with E-state index in [2.05, 4.69) is 24.1 Å².